The summed E-state index contributed by atoms with van der Waals surface area (Å²) in [6.07, 6.45) is 3.13. The van der Waals surface area contributed by atoms with Crippen LogP contribution >= 0.6 is 0 Å². The zero-order valence-electron chi connectivity index (χ0n) is 12.0. The minimum Gasteiger partial charge on any atom is -0.358 e. The summed E-state index contributed by atoms with van der Waals surface area (Å²) in [5.74, 6) is 0.993. The first-order chi connectivity index (χ1) is 9.13. The smallest absolute Gasteiger partial charge is 0.152 e. The molecular weight excluding hydrogens is 238 g/mol. The lowest BCUT2D eigenvalue weighted by molar-refractivity contribution is 0.401. The summed E-state index contributed by atoms with van der Waals surface area (Å²) in [4.78, 5) is 9.07. The SMILES string of the molecule is CN(C)CCCN(C)c1nc2ccccn2c1CN. The molecule has 0 amide bonds. The van der Waals surface area contributed by atoms with Gasteiger partial charge in [0, 0.05) is 26.3 Å². The van der Waals surface area contributed by atoms with Crippen LogP contribution in [0.4, 0.5) is 5.82 Å². The van der Waals surface area contributed by atoms with Crippen molar-refractivity contribution in [2.75, 3.05) is 39.1 Å². The van der Waals surface area contributed by atoms with Crippen LogP contribution in [-0.4, -0.2) is 48.5 Å². The van der Waals surface area contributed by atoms with Crippen LogP contribution < -0.4 is 10.6 Å². The molecule has 0 saturated carbocycles. The molecule has 0 radical (unpaired) electrons. The van der Waals surface area contributed by atoms with Gasteiger partial charge in [-0.05, 0) is 39.2 Å². The van der Waals surface area contributed by atoms with Gasteiger partial charge in [0.1, 0.15) is 5.65 Å². The minimum atomic E-state index is 0.499. The molecule has 0 spiro atoms. The number of nitrogens with zero attached hydrogens (tertiary/aromatic N) is 4. The monoisotopic (exact) mass is 261 g/mol. The van der Waals surface area contributed by atoms with Gasteiger partial charge < -0.3 is 19.9 Å². The maximum Gasteiger partial charge on any atom is 0.152 e. The number of hydrogen-bond donors (Lipinski definition) is 1. The quantitative estimate of drug-likeness (QED) is 0.848. The van der Waals surface area contributed by atoms with Crippen LogP contribution in [0.15, 0.2) is 24.4 Å². The highest BCUT2D eigenvalue weighted by Crippen LogP contribution is 2.20. The van der Waals surface area contributed by atoms with Crippen LogP contribution in [0.1, 0.15) is 12.1 Å². The second-order valence-electron chi connectivity index (χ2n) is 5.09. The highest BCUT2D eigenvalue weighted by atomic mass is 15.2. The number of fused-ring (bicyclic) bond motifs is 1. The molecule has 0 unspecified atom stereocenters. The molecule has 0 aliphatic carbocycles. The normalized spacial score (nSPS) is 11.4. The molecule has 2 rings (SSSR count). The van der Waals surface area contributed by atoms with Crippen molar-refractivity contribution < 1.29 is 0 Å². The predicted molar refractivity (Wildman–Crippen MR) is 79.5 cm³/mol. The zero-order chi connectivity index (χ0) is 13.8. The molecule has 0 saturated heterocycles. The molecule has 0 fully saturated rings. The molecule has 5 nitrogen and oxygen atoms in total. The highest BCUT2D eigenvalue weighted by molar-refractivity contribution is 5.55. The molecule has 5 heteroatoms. The molecule has 0 aliphatic heterocycles. The lowest BCUT2D eigenvalue weighted by atomic mass is 10.3. The van der Waals surface area contributed by atoms with Crippen molar-refractivity contribution in [1.82, 2.24) is 14.3 Å². The second kappa shape index (κ2) is 6.04. The van der Waals surface area contributed by atoms with Crippen LogP contribution in [0.25, 0.3) is 5.65 Å². The Morgan fingerprint density at radius 3 is 2.68 bits per heavy atom. The molecule has 19 heavy (non-hydrogen) atoms. The van der Waals surface area contributed by atoms with Crippen LogP contribution in [-0.2, 0) is 6.54 Å². The first kappa shape index (κ1) is 13.8. The molecule has 0 atom stereocenters. The van der Waals surface area contributed by atoms with Gasteiger partial charge in [-0.1, -0.05) is 6.07 Å². The fourth-order valence-corrected chi connectivity index (χ4v) is 2.26. The van der Waals surface area contributed by atoms with Crippen molar-refractivity contribution in [2.45, 2.75) is 13.0 Å². The van der Waals surface area contributed by atoms with Gasteiger partial charge in [-0.2, -0.15) is 0 Å². The summed E-state index contributed by atoms with van der Waals surface area (Å²) in [5.41, 5.74) is 7.91. The van der Waals surface area contributed by atoms with E-state index in [-0.39, 0.29) is 0 Å². The van der Waals surface area contributed by atoms with E-state index in [4.69, 9.17) is 5.73 Å². The Labute approximate surface area is 114 Å². The fourth-order valence-electron chi connectivity index (χ4n) is 2.26. The van der Waals surface area contributed by atoms with Crippen molar-refractivity contribution in [3.05, 3.63) is 30.1 Å². The van der Waals surface area contributed by atoms with Gasteiger partial charge in [-0.3, -0.25) is 0 Å². The van der Waals surface area contributed by atoms with Crippen LogP contribution in [0.3, 0.4) is 0 Å². The van der Waals surface area contributed by atoms with Gasteiger partial charge in [-0.15, -0.1) is 0 Å². The van der Waals surface area contributed by atoms with E-state index in [9.17, 15) is 0 Å². The third kappa shape index (κ3) is 3.05. The van der Waals surface area contributed by atoms with Crippen molar-refractivity contribution >= 4 is 11.5 Å². The van der Waals surface area contributed by atoms with Crippen molar-refractivity contribution in [3.63, 3.8) is 0 Å². The van der Waals surface area contributed by atoms with E-state index in [2.05, 4.69) is 40.3 Å². The Balaban J connectivity index is 2.19. The maximum atomic E-state index is 5.88. The van der Waals surface area contributed by atoms with Gasteiger partial charge >= 0.3 is 0 Å². The van der Waals surface area contributed by atoms with Crippen molar-refractivity contribution in [2.24, 2.45) is 5.73 Å². The maximum absolute atomic E-state index is 5.88. The molecule has 0 aromatic carbocycles. The number of hydrogen-bond acceptors (Lipinski definition) is 4. The molecule has 2 N–H and O–H groups in total. The van der Waals surface area contributed by atoms with E-state index in [1.165, 1.54) is 0 Å². The summed E-state index contributed by atoms with van der Waals surface area (Å²) in [6, 6.07) is 6.01. The van der Waals surface area contributed by atoms with E-state index >= 15 is 0 Å². The topological polar surface area (TPSA) is 49.8 Å². The van der Waals surface area contributed by atoms with Gasteiger partial charge in [0.05, 0.1) is 5.69 Å². The Morgan fingerprint density at radius 1 is 1.21 bits per heavy atom. The summed E-state index contributed by atoms with van der Waals surface area (Å²) in [6.45, 7) is 2.56. The molecular formula is C14H23N5. The lowest BCUT2D eigenvalue weighted by Crippen LogP contribution is -2.24. The predicted octanol–water partition coefficient (Wildman–Crippen LogP) is 1.18. The molecule has 0 bridgehead atoms. The summed E-state index contributed by atoms with van der Waals surface area (Å²) in [7, 11) is 6.27. The van der Waals surface area contributed by atoms with Crippen molar-refractivity contribution in [3.8, 4) is 0 Å². The highest BCUT2D eigenvalue weighted by Gasteiger charge is 2.13. The second-order valence-corrected chi connectivity index (χ2v) is 5.09. The lowest BCUT2D eigenvalue weighted by Gasteiger charge is -2.19. The number of nitrogens with two attached hydrogens (primary N) is 1. The Morgan fingerprint density at radius 2 is 2.00 bits per heavy atom. The largest absolute Gasteiger partial charge is 0.358 e. The van der Waals surface area contributed by atoms with E-state index in [1.807, 2.05) is 24.4 Å². The van der Waals surface area contributed by atoms with Crippen LogP contribution in [0.5, 0.6) is 0 Å². The third-order valence-corrected chi connectivity index (χ3v) is 3.26. The van der Waals surface area contributed by atoms with Crippen LogP contribution in [0.2, 0.25) is 0 Å². The Bertz CT molecular complexity index is 532. The standard InChI is InChI=1S/C14H23N5/c1-17(2)8-6-9-18(3)14-12(11-15)19-10-5-4-7-13(19)16-14/h4-5,7,10H,6,8-9,11,15H2,1-3H3. The first-order valence-corrected chi connectivity index (χ1v) is 6.65. The Kier molecular flexibility index (Phi) is 4.39. The average Bonchev–Trinajstić information content (AvgIpc) is 2.76. The van der Waals surface area contributed by atoms with Gasteiger partial charge in [0.2, 0.25) is 0 Å². The van der Waals surface area contributed by atoms with Gasteiger partial charge in [0.15, 0.2) is 5.82 Å². The molecule has 2 heterocycles. The van der Waals surface area contributed by atoms with Crippen LogP contribution in [0, 0.1) is 0 Å². The Hall–Kier alpha value is -1.59. The summed E-state index contributed by atoms with van der Waals surface area (Å²) < 4.78 is 2.07. The summed E-state index contributed by atoms with van der Waals surface area (Å²) >= 11 is 0. The zero-order valence-corrected chi connectivity index (χ0v) is 12.0. The first-order valence-electron chi connectivity index (χ1n) is 6.65. The third-order valence-electron chi connectivity index (χ3n) is 3.26. The number of rotatable bonds is 6. The molecule has 104 valence electrons. The van der Waals surface area contributed by atoms with E-state index in [1.54, 1.807) is 0 Å². The number of imidazole rings is 1. The molecule has 0 aliphatic rings. The molecule has 2 aromatic heterocycles. The molecule has 2 aromatic rings. The number of anilines is 1. The average molecular weight is 261 g/mol. The van der Waals surface area contributed by atoms with E-state index < -0.39 is 0 Å². The van der Waals surface area contributed by atoms with E-state index in [0.29, 0.717) is 6.54 Å². The fraction of sp³-hybridized carbons (Fsp3) is 0.500. The van der Waals surface area contributed by atoms with E-state index in [0.717, 1.165) is 36.7 Å². The van der Waals surface area contributed by atoms with Crippen molar-refractivity contribution in [1.29, 1.82) is 0 Å². The minimum absolute atomic E-state index is 0.499. The van der Waals surface area contributed by atoms with Gasteiger partial charge in [0.25, 0.3) is 0 Å². The number of aromatic nitrogens is 2. The number of pyridine rings is 1. The summed E-state index contributed by atoms with van der Waals surface area (Å²) in [5, 5.41) is 0. The van der Waals surface area contributed by atoms with Gasteiger partial charge in [-0.25, -0.2) is 4.98 Å².